The Labute approximate surface area is 146 Å². The Bertz CT molecular complexity index is 626. The molecule has 0 saturated heterocycles. The Morgan fingerprint density at radius 3 is 2.41 bits per heavy atom. The highest BCUT2D eigenvalue weighted by molar-refractivity contribution is 8.14. The van der Waals surface area contributed by atoms with Crippen molar-refractivity contribution in [2.24, 2.45) is 4.99 Å². The van der Waals surface area contributed by atoms with Gasteiger partial charge in [0.1, 0.15) is 0 Å². The number of hydrogen-bond donors (Lipinski definition) is 1. The van der Waals surface area contributed by atoms with Crippen LogP contribution in [0.25, 0.3) is 6.08 Å². The van der Waals surface area contributed by atoms with Gasteiger partial charge in [-0.1, -0.05) is 54.9 Å². The first-order chi connectivity index (χ1) is 10.3. The van der Waals surface area contributed by atoms with E-state index in [-0.39, 0.29) is 5.54 Å². The van der Waals surface area contributed by atoms with Crippen LogP contribution in [-0.2, 0) is 0 Å². The highest BCUT2D eigenvalue weighted by atomic mass is 35.5. The number of nitrogens with one attached hydrogen (secondary N) is 1. The Kier molecular flexibility index (Phi) is 5.65. The summed E-state index contributed by atoms with van der Waals surface area (Å²) < 4.78 is 0. The quantitative estimate of drug-likeness (QED) is 0.744. The Hall–Kier alpha value is -0.900. The zero-order chi connectivity index (χ0) is 16.3. The molecule has 0 atom stereocenters. The lowest BCUT2D eigenvalue weighted by atomic mass is 10.0. The Balaban J connectivity index is 2.23. The maximum absolute atomic E-state index is 6.20. The molecule has 0 amide bonds. The van der Waals surface area contributed by atoms with Gasteiger partial charge in [0.05, 0.1) is 5.54 Å². The van der Waals surface area contributed by atoms with Crippen molar-refractivity contribution < 1.29 is 0 Å². The van der Waals surface area contributed by atoms with Crippen LogP contribution in [0.2, 0.25) is 10.0 Å². The molecule has 1 aromatic rings. The summed E-state index contributed by atoms with van der Waals surface area (Å²) in [6.07, 6.45) is 6.02. The van der Waals surface area contributed by atoms with E-state index in [4.69, 9.17) is 28.2 Å². The van der Waals surface area contributed by atoms with Gasteiger partial charge in [-0.2, -0.15) is 0 Å². The third-order valence-corrected chi connectivity index (χ3v) is 4.47. The molecule has 1 N–H and O–H groups in total. The van der Waals surface area contributed by atoms with Gasteiger partial charge in [-0.25, -0.2) is 0 Å². The lowest BCUT2D eigenvalue weighted by Crippen LogP contribution is -2.32. The van der Waals surface area contributed by atoms with Crippen molar-refractivity contribution in [3.05, 3.63) is 51.7 Å². The molecule has 5 heteroatoms. The maximum Gasteiger partial charge on any atom is 0.162 e. The molecule has 1 aliphatic rings. The third kappa shape index (κ3) is 4.80. The predicted molar refractivity (Wildman–Crippen MR) is 101 cm³/mol. The Morgan fingerprint density at radius 2 is 1.82 bits per heavy atom. The number of thioether (sulfide) groups is 1. The summed E-state index contributed by atoms with van der Waals surface area (Å²) in [7, 11) is 0. The standard InChI is InChI=1S/C17H20Cl2N2S/c1-11(2)22-16-20-12(10-17(3,4)21-16)8-9-13-14(18)6-5-7-15(13)19/h5-11H,1-4H3,(H,20,21). The topological polar surface area (TPSA) is 24.4 Å². The molecule has 0 radical (unpaired) electrons. The van der Waals surface area contributed by atoms with Crippen molar-refractivity contribution in [3.8, 4) is 0 Å². The molecule has 22 heavy (non-hydrogen) atoms. The van der Waals surface area contributed by atoms with Crippen molar-refractivity contribution in [2.75, 3.05) is 0 Å². The molecule has 118 valence electrons. The molecular weight excluding hydrogens is 335 g/mol. The normalized spacial score (nSPS) is 17.4. The van der Waals surface area contributed by atoms with E-state index in [2.05, 4.69) is 39.1 Å². The number of amidine groups is 1. The second kappa shape index (κ2) is 7.12. The van der Waals surface area contributed by atoms with Crippen LogP contribution >= 0.6 is 35.0 Å². The van der Waals surface area contributed by atoms with Gasteiger partial charge in [-0.15, -0.1) is 0 Å². The van der Waals surface area contributed by atoms with Gasteiger partial charge in [0, 0.05) is 26.6 Å². The molecule has 0 bridgehead atoms. The number of benzene rings is 1. The van der Waals surface area contributed by atoms with Crippen LogP contribution in [0.5, 0.6) is 0 Å². The van der Waals surface area contributed by atoms with Crippen molar-refractivity contribution in [2.45, 2.75) is 38.5 Å². The van der Waals surface area contributed by atoms with E-state index in [1.165, 1.54) is 0 Å². The third-order valence-electron chi connectivity index (χ3n) is 2.93. The molecule has 0 saturated carbocycles. The predicted octanol–water partition coefficient (Wildman–Crippen LogP) is 5.77. The molecule has 0 unspecified atom stereocenters. The van der Waals surface area contributed by atoms with Gasteiger partial charge in [0.2, 0.25) is 0 Å². The van der Waals surface area contributed by atoms with Crippen LogP contribution in [-0.4, -0.2) is 16.0 Å². The molecule has 1 aromatic carbocycles. The molecule has 0 spiro atoms. The van der Waals surface area contributed by atoms with Gasteiger partial charge < -0.3 is 5.32 Å². The molecular formula is C17H20Cl2N2S. The van der Waals surface area contributed by atoms with E-state index in [0.717, 1.165) is 16.4 Å². The summed E-state index contributed by atoms with van der Waals surface area (Å²) >= 11 is 14.1. The monoisotopic (exact) mass is 354 g/mol. The first kappa shape index (κ1) is 17.5. The molecule has 2 nitrogen and oxygen atoms in total. The summed E-state index contributed by atoms with van der Waals surface area (Å²) in [6, 6.07) is 5.51. The van der Waals surface area contributed by atoms with Gasteiger partial charge in [0.15, 0.2) is 5.17 Å². The summed E-state index contributed by atoms with van der Waals surface area (Å²) in [6.45, 7) is 8.48. The zero-order valence-corrected chi connectivity index (χ0v) is 15.5. The van der Waals surface area contributed by atoms with Crippen LogP contribution < -0.4 is 5.32 Å². The van der Waals surface area contributed by atoms with E-state index >= 15 is 0 Å². The highest BCUT2D eigenvalue weighted by Crippen LogP contribution is 2.27. The SMILES string of the molecule is CC(C)SC1=NC(C)(C)C=C(C=Cc2c(Cl)cccc2Cl)N1. The number of rotatable bonds is 3. The van der Waals surface area contributed by atoms with Crippen LogP contribution in [0.15, 0.2) is 41.0 Å². The van der Waals surface area contributed by atoms with E-state index < -0.39 is 0 Å². The van der Waals surface area contributed by atoms with E-state index in [0.29, 0.717) is 15.3 Å². The van der Waals surface area contributed by atoms with E-state index in [1.807, 2.05) is 30.4 Å². The van der Waals surface area contributed by atoms with Crippen molar-refractivity contribution in [1.29, 1.82) is 0 Å². The van der Waals surface area contributed by atoms with Gasteiger partial charge in [-0.3, -0.25) is 4.99 Å². The van der Waals surface area contributed by atoms with Crippen LogP contribution in [0, 0.1) is 0 Å². The summed E-state index contributed by atoms with van der Waals surface area (Å²) in [4.78, 5) is 4.70. The van der Waals surface area contributed by atoms with Gasteiger partial charge >= 0.3 is 0 Å². The van der Waals surface area contributed by atoms with Crippen molar-refractivity contribution >= 4 is 46.2 Å². The van der Waals surface area contributed by atoms with Crippen LogP contribution in [0.1, 0.15) is 33.3 Å². The minimum Gasteiger partial charge on any atom is -0.335 e. The molecule has 2 rings (SSSR count). The van der Waals surface area contributed by atoms with Crippen LogP contribution in [0.3, 0.4) is 0 Å². The number of hydrogen-bond acceptors (Lipinski definition) is 3. The fourth-order valence-corrected chi connectivity index (χ4v) is 3.51. The summed E-state index contributed by atoms with van der Waals surface area (Å²) in [5, 5.41) is 6.05. The minimum absolute atomic E-state index is 0.230. The van der Waals surface area contributed by atoms with Crippen molar-refractivity contribution in [3.63, 3.8) is 0 Å². The van der Waals surface area contributed by atoms with Crippen molar-refractivity contribution in [1.82, 2.24) is 5.32 Å². The minimum atomic E-state index is -0.230. The second-order valence-corrected chi connectivity index (χ2v) is 8.31. The molecule has 0 aliphatic carbocycles. The summed E-state index contributed by atoms with van der Waals surface area (Å²) in [5.74, 6) is 0. The average Bonchev–Trinajstić information content (AvgIpc) is 2.35. The smallest absolute Gasteiger partial charge is 0.162 e. The number of aliphatic imine (C=N–C) groups is 1. The number of halogens is 2. The fraction of sp³-hybridized carbons (Fsp3) is 0.353. The van der Waals surface area contributed by atoms with Gasteiger partial charge in [0.25, 0.3) is 0 Å². The Morgan fingerprint density at radius 1 is 1.18 bits per heavy atom. The number of allylic oxidation sites excluding steroid dienone is 1. The summed E-state index contributed by atoms with van der Waals surface area (Å²) in [5.41, 5.74) is 1.60. The van der Waals surface area contributed by atoms with Crippen LogP contribution in [0.4, 0.5) is 0 Å². The number of nitrogens with zero attached hydrogens (tertiary/aromatic N) is 1. The zero-order valence-electron chi connectivity index (χ0n) is 13.2. The first-order valence-electron chi connectivity index (χ1n) is 7.15. The lowest BCUT2D eigenvalue weighted by Gasteiger charge is -2.26. The van der Waals surface area contributed by atoms with Gasteiger partial charge in [-0.05, 0) is 44.2 Å². The molecule has 1 aliphatic heterocycles. The average molecular weight is 355 g/mol. The molecule has 0 aromatic heterocycles. The fourth-order valence-electron chi connectivity index (χ4n) is 2.07. The molecule has 1 heterocycles. The maximum atomic E-state index is 6.20. The molecule has 0 fully saturated rings. The first-order valence-corrected chi connectivity index (χ1v) is 8.79. The second-order valence-electron chi connectivity index (χ2n) is 5.93. The largest absolute Gasteiger partial charge is 0.335 e. The lowest BCUT2D eigenvalue weighted by molar-refractivity contribution is 0.639. The highest BCUT2D eigenvalue weighted by Gasteiger charge is 2.21. The van der Waals surface area contributed by atoms with E-state index in [1.54, 1.807) is 11.8 Å². The van der Waals surface area contributed by atoms with E-state index in [9.17, 15) is 0 Å².